The van der Waals surface area contributed by atoms with E-state index in [2.05, 4.69) is 5.32 Å². The van der Waals surface area contributed by atoms with Gasteiger partial charge in [0.15, 0.2) is 11.5 Å². The van der Waals surface area contributed by atoms with Gasteiger partial charge >= 0.3 is 0 Å². The van der Waals surface area contributed by atoms with Gasteiger partial charge in [-0.2, -0.15) is 0 Å². The van der Waals surface area contributed by atoms with Gasteiger partial charge in [0.05, 0.1) is 45.6 Å². The second kappa shape index (κ2) is 10.6. The molecule has 0 fully saturated rings. The molecule has 2 unspecified atom stereocenters. The van der Waals surface area contributed by atoms with Crippen molar-refractivity contribution in [3.63, 3.8) is 0 Å². The van der Waals surface area contributed by atoms with Gasteiger partial charge < -0.3 is 29.2 Å². The van der Waals surface area contributed by atoms with Crippen molar-refractivity contribution in [3.8, 4) is 23.0 Å². The highest BCUT2D eigenvalue weighted by molar-refractivity contribution is 6.05. The van der Waals surface area contributed by atoms with Crippen LogP contribution in [0.3, 0.4) is 0 Å². The molecule has 0 bridgehead atoms. The van der Waals surface area contributed by atoms with Gasteiger partial charge in [-0.1, -0.05) is 24.3 Å². The molecule has 0 radical (unpaired) electrons. The summed E-state index contributed by atoms with van der Waals surface area (Å²) < 4.78 is 22.0. The number of fused-ring (bicyclic) bond motifs is 1. The van der Waals surface area contributed by atoms with Crippen molar-refractivity contribution in [2.45, 2.75) is 18.9 Å². The normalized spacial score (nSPS) is 16.7. The van der Waals surface area contributed by atoms with Crippen LogP contribution in [0.1, 0.15) is 40.4 Å². The van der Waals surface area contributed by atoms with E-state index in [9.17, 15) is 9.59 Å². The van der Waals surface area contributed by atoms with Crippen molar-refractivity contribution in [3.05, 3.63) is 77.4 Å². The number of methoxy groups -OCH3 is 3. The predicted octanol–water partition coefficient (Wildman–Crippen LogP) is 4.66. The Morgan fingerprint density at radius 3 is 2.22 bits per heavy atom. The number of amides is 2. The standard InChI is InChI=1S/C28H30N2O6/c1-6-36-22-10-8-7-9-21(22)29-27(31)25-19-15-23(34-4)24(35-5)16-20(19)28(32)30(2)26(25)17-11-13-18(33-3)14-12-17/h7-16,25-26H,6H2,1-5H3,(H,29,31). The summed E-state index contributed by atoms with van der Waals surface area (Å²) in [5.74, 6) is 0.868. The topological polar surface area (TPSA) is 86.3 Å². The minimum atomic E-state index is -0.745. The minimum Gasteiger partial charge on any atom is -0.497 e. The molecule has 0 saturated heterocycles. The molecule has 2 atom stereocenters. The van der Waals surface area contributed by atoms with Gasteiger partial charge in [-0.05, 0) is 54.4 Å². The minimum absolute atomic E-state index is 0.217. The van der Waals surface area contributed by atoms with Gasteiger partial charge in [0.2, 0.25) is 5.91 Å². The lowest BCUT2D eigenvalue weighted by molar-refractivity contribution is -0.119. The summed E-state index contributed by atoms with van der Waals surface area (Å²) in [6.45, 7) is 2.35. The fraction of sp³-hybridized carbons (Fsp3) is 0.286. The van der Waals surface area contributed by atoms with Crippen molar-refractivity contribution < 1.29 is 28.5 Å². The van der Waals surface area contributed by atoms with Crippen LogP contribution in [0.25, 0.3) is 0 Å². The number of hydrogen-bond donors (Lipinski definition) is 1. The summed E-state index contributed by atoms with van der Waals surface area (Å²) in [6.07, 6.45) is 0. The van der Waals surface area contributed by atoms with Crippen LogP contribution in [0.15, 0.2) is 60.7 Å². The molecule has 0 saturated carbocycles. The lowest BCUT2D eigenvalue weighted by atomic mass is 9.79. The molecule has 8 heteroatoms. The highest BCUT2D eigenvalue weighted by Gasteiger charge is 2.43. The molecule has 0 spiro atoms. The number of ether oxygens (including phenoxy) is 4. The van der Waals surface area contributed by atoms with E-state index in [0.717, 1.165) is 5.56 Å². The predicted molar refractivity (Wildman–Crippen MR) is 136 cm³/mol. The third-order valence-corrected chi connectivity index (χ3v) is 6.36. The van der Waals surface area contributed by atoms with Crippen LogP contribution in [0.2, 0.25) is 0 Å². The van der Waals surface area contributed by atoms with Crippen molar-refractivity contribution in [2.75, 3.05) is 40.3 Å². The summed E-state index contributed by atoms with van der Waals surface area (Å²) in [6, 6.07) is 17.4. The Kier molecular flexibility index (Phi) is 7.33. The Morgan fingerprint density at radius 2 is 1.58 bits per heavy atom. The van der Waals surface area contributed by atoms with Crippen LogP contribution >= 0.6 is 0 Å². The Morgan fingerprint density at radius 1 is 0.917 bits per heavy atom. The van der Waals surface area contributed by atoms with Crippen molar-refractivity contribution in [2.24, 2.45) is 0 Å². The van der Waals surface area contributed by atoms with Crippen LogP contribution in [-0.4, -0.2) is 51.7 Å². The third kappa shape index (κ3) is 4.54. The van der Waals surface area contributed by atoms with E-state index < -0.39 is 12.0 Å². The number of nitrogens with one attached hydrogen (secondary N) is 1. The summed E-state index contributed by atoms with van der Waals surface area (Å²) in [5, 5.41) is 3.03. The van der Waals surface area contributed by atoms with Crippen molar-refractivity contribution in [1.29, 1.82) is 0 Å². The van der Waals surface area contributed by atoms with E-state index in [4.69, 9.17) is 18.9 Å². The Bertz CT molecular complexity index is 1260. The first-order valence-corrected chi connectivity index (χ1v) is 11.6. The average molecular weight is 491 g/mol. The number of anilines is 1. The first kappa shape index (κ1) is 24.9. The van der Waals surface area contributed by atoms with E-state index in [-0.39, 0.29) is 11.8 Å². The summed E-state index contributed by atoms with van der Waals surface area (Å²) in [4.78, 5) is 29.1. The number of carbonyl (C=O) groups excluding carboxylic acids is 2. The number of carbonyl (C=O) groups is 2. The second-order valence-electron chi connectivity index (χ2n) is 8.32. The number of likely N-dealkylation sites (N-methyl/N-ethyl adjacent to an activating group) is 1. The third-order valence-electron chi connectivity index (χ3n) is 6.36. The lowest BCUT2D eigenvalue weighted by Gasteiger charge is -2.40. The number of hydrogen-bond acceptors (Lipinski definition) is 6. The number of para-hydroxylation sites is 2. The maximum Gasteiger partial charge on any atom is 0.254 e. The zero-order valence-electron chi connectivity index (χ0n) is 21.0. The number of nitrogens with zero attached hydrogens (tertiary/aromatic N) is 1. The van der Waals surface area contributed by atoms with Crippen LogP contribution in [0.5, 0.6) is 23.0 Å². The molecule has 4 rings (SSSR count). The molecule has 36 heavy (non-hydrogen) atoms. The van der Waals surface area contributed by atoms with Gasteiger partial charge in [-0.3, -0.25) is 9.59 Å². The summed E-state index contributed by atoms with van der Waals surface area (Å²) in [7, 11) is 6.32. The van der Waals surface area contributed by atoms with Crippen LogP contribution in [-0.2, 0) is 4.79 Å². The summed E-state index contributed by atoms with van der Waals surface area (Å²) >= 11 is 0. The molecule has 3 aromatic rings. The molecule has 8 nitrogen and oxygen atoms in total. The molecule has 1 heterocycles. The van der Waals surface area contributed by atoms with Gasteiger partial charge in [0.25, 0.3) is 5.91 Å². The maximum absolute atomic E-state index is 14.0. The molecular weight excluding hydrogens is 460 g/mol. The van der Waals surface area contributed by atoms with E-state index >= 15 is 0 Å². The highest BCUT2D eigenvalue weighted by Crippen LogP contribution is 2.46. The monoisotopic (exact) mass is 490 g/mol. The van der Waals surface area contributed by atoms with Gasteiger partial charge in [0, 0.05) is 12.6 Å². The fourth-order valence-electron chi connectivity index (χ4n) is 4.61. The van der Waals surface area contributed by atoms with Gasteiger partial charge in [0.1, 0.15) is 11.5 Å². The quantitative estimate of drug-likeness (QED) is 0.494. The van der Waals surface area contributed by atoms with E-state index in [1.807, 2.05) is 43.3 Å². The molecule has 3 aromatic carbocycles. The first-order valence-electron chi connectivity index (χ1n) is 11.6. The zero-order valence-corrected chi connectivity index (χ0v) is 21.0. The van der Waals surface area contributed by atoms with Gasteiger partial charge in [-0.25, -0.2) is 0 Å². The molecule has 0 aliphatic carbocycles. The Labute approximate surface area is 210 Å². The van der Waals surface area contributed by atoms with Crippen molar-refractivity contribution in [1.82, 2.24) is 4.90 Å². The molecular formula is C28H30N2O6. The Balaban J connectivity index is 1.86. The number of benzene rings is 3. The average Bonchev–Trinajstić information content (AvgIpc) is 2.91. The fourth-order valence-corrected chi connectivity index (χ4v) is 4.61. The van der Waals surface area contributed by atoms with Crippen molar-refractivity contribution >= 4 is 17.5 Å². The summed E-state index contributed by atoms with van der Waals surface area (Å²) in [5.41, 5.74) is 2.30. The smallest absolute Gasteiger partial charge is 0.254 e. The highest BCUT2D eigenvalue weighted by atomic mass is 16.5. The number of rotatable bonds is 8. The van der Waals surface area contributed by atoms with E-state index in [1.165, 1.54) is 14.2 Å². The SMILES string of the molecule is CCOc1ccccc1NC(=O)C1c2cc(OC)c(OC)cc2C(=O)N(C)C1c1ccc(OC)cc1. The van der Waals surface area contributed by atoms with Crippen LogP contribution < -0.4 is 24.3 Å². The van der Waals surface area contributed by atoms with Gasteiger partial charge in [-0.15, -0.1) is 0 Å². The molecule has 0 aromatic heterocycles. The second-order valence-corrected chi connectivity index (χ2v) is 8.32. The molecule has 1 N–H and O–H groups in total. The largest absolute Gasteiger partial charge is 0.497 e. The lowest BCUT2D eigenvalue weighted by Crippen LogP contribution is -2.44. The Hall–Kier alpha value is -4.20. The van der Waals surface area contributed by atoms with E-state index in [1.54, 1.807) is 43.3 Å². The van der Waals surface area contributed by atoms with E-state index in [0.29, 0.717) is 46.4 Å². The molecule has 1 aliphatic heterocycles. The first-order chi connectivity index (χ1) is 17.4. The van der Waals surface area contributed by atoms with Crippen LogP contribution in [0.4, 0.5) is 5.69 Å². The molecule has 1 aliphatic rings. The zero-order chi connectivity index (χ0) is 25.8. The maximum atomic E-state index is 14.0. The van der Waals surface area contributed by atoms with Crippen LogP contribution in [0, 0.1) is 0 Å². The molecule has 2 amide bonds. The molecule has 188 valence electrons.